The Hall–Kier alpha value is -6.84. The predicted octanol–water partition coefficient (Wildman–Crippen LogP) is 3.70. The van der Waals surface area contributed by atoms with Crippen LogP contribution in [0.3, 0.4) is 0 Å². The molecule has 0 aliphatic rings. The lowest BCUT2D eigenvalue weighted by Gasteiger charge is -2.12. The second kappa shape index (κ2) is 13.9. The van der Waals surface area contributed by atoms with Crippen LogP contribution in [0.4, 0.5) is 11.9 Å². The van der Waals surface area contributed by atoms with Gasteiger partial charge in [0, 0.05) is 49.7 Å². The number of hydrogen-bond donors (Lipinski definition) is 5. The molecule has 0 aliphatic heterocycles. The highest BCUT2D eigenvalue weighted by Gasteiger charge is 2.22. The molecule has 6 rings (SSSR count). The number of nitrogens with one attached hydrogen (secondary N) is 2. The Morgan fingerprint density at radius 1 is 0.765 bits per heavy atom. The minimum absolute atomic E-state index is 0.0548. The molecule has 4 amide bonds. The van der Waals surface area contributed by atoms with Crippen LogP contribution < -0.4 is 26.8 Å². The number of phenols is 1. The molecule has 6 aromatic rings. The first-order valence-corrected chi connectivity index (χ1v) is 16.0. The summed E-state index contributed by atoms with van der Waals surface area (Å²) in [6, 6.07) is 12.6. The van der Waals surface area contributed by atoms with Crippen LogP contribution in [0.15, 0.2) is 73.1 Å². The van der Waals surface area contributed by atoms with E-state index in [2.05, 4.69) is 20.6 Å². The number of carbonyl (C=O) groups excluding carboxylic acids is 4. The summed E-state index contributed by atoms with van der Waals surface area (Å²) in [5.74, 6) is -1.83. The maximum Gasteiger partial charge on any atom is 0.274 e. The summed E-state index contributed by atoms with van der Waals surface area (Å²) in [7, 11) is 1.45. The minimum atomic E-state index is -0.746. The van der Waals surface area contributed by atoms with Crippen molar-refractivity contribution in [1.82, 2.24) is 28.2 Å². The van der Waals surface area contributed by atoms with Gasteiger partial charge in [-0.1, -0.05) is 12.2 Å². The molecule has 16 heteroatoms. The van der Waals surface area contributed by atoms with Crippen molar-refractivity contribution in [1.29, 1.82) is 0 Å². The van der Waals surface area contributed by atoms with Crippen molar-refractivity contribution in [3.8, 4) is 11.5 Å². The number of aromatic hydroxyl groups is 1. The molecule has 0 radical (unpaired) electrons. The van der Waals surface area contributed by atoms with E-state index in [1.165, 1.54) is 31.4 Å². The highest BCUT2D eigenvalue weighted by atomic mass is 16.5. The standard InChI is InChI=1S/C35H36N10O6/c1-4-42-12-8-10-24(42)32(49)40-34-38-22-16-20(30(36)47)18-26(46)28(22)44(34)14-6-7-15-45-29-23(17-21(31(37)48)19-27(29)51-3)39-35(45)41-33(50)25-11-9-13-43(25)5-2/h6-13,16-19,46H,4-5,14-15H2,1-3H3,(H2,36,47)(H2,37,48)(H,38,40,49)(H,39,41,50)/b7-6+. The summed E-state index contributed by atoms with van der Waals surface area (Å²) in [4.78, 5) is 59.8. The van der Waals surface area contributed by atoms with Crippen LogP contribution in [0.5, 0.6) is 11.5 Å². The van der Waals surface area contributed by atoms with Crippen LogP contribution in [-0.2, 0) is 26.2 Å². The van der Waals surface area contributed by atoms with Crippen LogP contribution in [0.2, 0.25) is 0 Å². The molecular weight excluding hydrogens is 656 g/mol. The lowest BCUT2D eigenvalue weighted by Crippen LogP contribution is -2.19. The summed E-state index contributed by atoms with van der Waals surface area (Å²) in [5, 5.41) is 16.7. The molecule has 0 saturated carbocycles. The third-order valence-electron chi connectivity index (χ3n) is 8.42. The van der Waals surface area contributed by atoms with Gasteiger partial charge >= 0.3 is 0 Å². The first kappa shape index (κ1) is 34.0. The lowest BCUT2D eigenvalue weighted by atomic mass is 10.1. The second-order valence-electron chi connectivity index (χ2n) is 11.5. The quantitative estimate of drug-likeness (QED) is 0.112. The maximum absolute atomic E-state index is 13.4. The summed E-state index contributed by atoms with van der Waals surface area (Å²) in [6.07, 6.45) is 7.15. The number of amides is 4. The molecule has 0 unspecified atom stereocenters. The number of ether oxygens (including phenoxy) is 1. The number of allylic oxidation sites excluding steroid dienone is 2. The summed E-state index contributed by atoms with van der Waals surface area (Å²) < 4.78 is 12.5. The van der Waals surface area contributed by atoms with Crippen molar-refractivity contribution in [2.24, 2.45) is 11.5 Å². The lowest BCUT2D eigenvalue weighted by molar-refractivity contribution is 0.0991. The molecule has 0 atom stereocenters. The molecule has 7 N–H and O–H groups in total. The maximum atomic E-state index is 13.4. The zero-order chi connectivity index (χ0) is 36.4. The largest absolute Gasteiger partial charge is 0.506 e. The summed E-state index contributed by atoms with van der Waals surface area (Å²) in [6.45, 7) is 5.28. The van der Waals surface area contributed by atoms with Gasteiger partial charge in [0.2, 0.25) is 23.7 Å². The van der Waals surface area contributed by atoms with Crippen LogP contribution in [0.25, 0.3) is 22.1 Å². The van der Waals surface area contributed by atoms with E-state index in [1.807, 2.05) is 13.8 Å². The molecule has 0 saturated heterocycles. The van der Waals surface area contributed by atoms with E-state index in [-0.39, 0.29) is 58.8 Å². The van der Waals surface area contributed by atoms with Gasteiger partial charge in [-0.3, -0.25) is 29.8 Å². The average molecular weight is 693 g/mol. The second-order valence-corrected chi connectivity index (χ2v) is 11.5. The highest BCUT2D eigenvalue weighted by Crippen LogP contribution is 2.32. The van der Waals surface area contributed by atoms with Gasteiger partial charge in [-0.05, 0) is 62.4 Å². The topological polar surface area (TPSA) is 219 Å². The molecule has 262 valence electrons. The minimum Gasteiger partial charge on any atom is -0.506 e. The van der Waals surface area contributed by atoms with Crippen LogP contribution >= 0.6 is 0 Å². The molecule has 0 aliphatic carbocycles. The van der Waals surface area contributed by atoms with Gasteiger partial charge in [0.1, 0.15) is 33.9 Å². The van der Waals surface area contributed by atoms with Crippen molar-refractivity contribution in [3.63, 3.8) is 0 Å². The van der Waals surface area contributed by atoms with Crippen LogP contribution in [0, 0.1) is 0 Å². The first-order chi connectivity index (χ1) is 24.5. The molecule has 4 heterocycles. The Bertz CT molecular complexity index is 2360. The van der Waals surface area contributed by atoms with Gasteiger partial charge in [0.05, 0.1) is 18.1 Å². The number of nitrogens with two attached hydrogens (primary N) is 2. The molecule has 0 bridgehead atoms. The number of fused-ring (bicyclic) bond motifs is 2. The number of benzene rings is 2. The Kier molecular flexibility index (Phi) is 9.31. The van der Waals surface area contributed by atoms with E-state index in [9.17, 15) is 24.3 Å². The average Bonchev–Trinajstić information content (AvgIpc) is 3.91. The van der Waals surface area contributed by atoms with Crippen molar-refractivity contribution in [3.05, 3.63) is 95.6 Å². The Morgan fingerprint density at radius 2 is 1.24 bits per heavy atom. The van der Waals surface area contributed by atoms with Crippen molar-refractivity contribution in [2.45, 2.75) is 40.0 Å². The zero-order valence-electron chi connectivity index (χ0n) is 28.1. The number of anilines is 2. The molecule has 0 spiro atoms. The number of aromatic nitrogens is 6. The predicted molar refractivity (Wildman–Crippen MR) is 190 cm³/mol. The monoisotopic (exact) mass is 692 g/mol. The third-order valence-corrected chi connectivity index (χ3v) is 8.42. The summed E-state index contributed by atoms with van der Waals surface area (Å²) >= 11 is 0. The number of aryl methyl sites for hydroxylation is 2. The third kappa shape index (κ3) is 6.49. The molecule has 0 fully saturated rings. The number of carbonyl (C=O) groups is 4. The van der Waals surface area contributed by atoms with E-state index in [0.717, 1.165) is 0 Å². The SMILES string of the molecule is CCn1cccc1C(=O)Nc1nc2cc(C(N)=O)cc(O)c2n1C/C=C/Cn1c(NC(=O)c2cccn2CC)nc2cc(C(N)=O)cc(OC)c21. The van der Waals surface area contributed by atoms with E-state index in [4.69, 9.17) is 16.2 Å². The molecule has 2 aromatic carbocycles. The van der Waals surface area contributed by atoms with Crippen molar-refractivity contribution >= 4 is 57.6 Å². The van der Waals surface area contributed by atoms with Crippen LogP contribution in [-0.4, -0.2) is 64.1 Å². The zero-order valence-corrected chi connectivity index (χ0v) is 28.1. The molecule has 4 aromatic heterocycles. The number of hydrogen-bond acceptors (Lipinski definition) is 8. The number of primary amides is 2. The Morgan fingerprint density at radius 3 is 1.71 bits per heavy atom. The van der Waals surface area contributed by atoms with Crippen molar-refractivity contribution in [2.75, 3.05) is 17.7 Å². The first-order valence-electron chi connectivity index (χ1n) is 16.0. The molecule has 51 heavy (non-hydrogen) atoms. The van der Waals surface area contributed by atoms with Gasteiger partial charge in [-0.2, -0.15) is 0 Å². The number of methoxy groups -OCH3 is 1. The fourth-order valence-electron chi connectivity index (χ4n) is 5.95. The van der Waals surface area contributed by atoms with Gasteiger partial charge < -0.3 is 39.6 Å². The van der Waals surface area contributed by atoms with E-state index >= 15 is 0 Å². The van der Waals surface area contributed by atoms with Gasteiger partial charge in [-0.15, -0.1) is 0 Å². The number of nitrogens with zero attached hydrogens (tertiary/aromatic N) is 6. The van der Waals surface area contributed by atoms with Gasteiger partial charge in [0.15, 0.2) is 0 Å². The summed E-state index contributed by atoms with van der Waals surface area (Å²) in [5.41, 5.74) is 13.5. The highest BCUT2D eigenvalue weighted by molar-refractivity contribution is 6.05. The fraction of sp³-hybridized carbons (Fsp3) is 0.200. The Labute approximate surface area is 290 Å². The smallest absolute Gasteiger partial charge is 0.274 e. The van der Waals surface area contributed by atoms with E-state index in [0.29, 0.717) is 41.3 Å². The van der Waals surface area contributed by atoms with Gasteiger partial charge in [0.25, 0.3) is 11.8 Å². The normalized spacial score (nSPS) is 11.4. The molecule has 16 nitrogen and oxygen atoms in total. The number of phenolic OH excluding ortho intramolecular Hbond substituents is 1. The molecular formula is C35H36N10O6. The fourth-order valence-corrected chi connectivity index (χ4v) is 5.95. The van der Waals surface area contributed by atoms with Crippen LogP contribution in [0.1, 0.15) is 55.5 Å². The number of imidazole rings is 2. The number of rotatable bonds is 13. The Balaban J connectivity index is 1.37. The van der Waals surface area contributed by atoms with Gasteiger partial charge in [-0.25, -0.2) is 9.97 Å². The van der Waals surface area contributed by atoms with Crippen molar-refractivity contribution < 1.29 is 29.0 Å². The van der Waals surface area contributed by atoms with E-state index in [1.54, 1.807) is 67.1 Å². The van der Waals surface area contributed by atoms with E-state index < -0.39 is 17.7 Å².